The number of anilines is 1. The second-order valence-corrected chi connectivity index (χ2v) is 9.36. The van der Waals surface area contributed by atoms with E-state index in [2.05, 4.69) is 10.3 Å². The summed E-state index contributed by atoms with van der Waals surface area (Å²) in [6.07, 6.45) is 1.73. The molecule has 1 saturated heterocycles. The Kier molecular flexibility index (Phi) is 7.23. The molecular weight excluding hydrogens is 479 g/mol. The van der Waals surface area contributed by atoms with Gasteiger partial charge in [0.25, 0.3) is 11.8 Å². The number of thiazole rings is 1. The molecule has 0 bridgehead atoms. The van der Waals surface area contributed by atoms with Gasteiger partial charge in [0.15, 0.2) is 0 Å². The van der Waals surface area contributed by atoms with Crippen LogP contribution in [-0.4, -0.2) is 40.7 Å². The third-order valence-corrected chi connectivity index (χ3v) is 6.96. The molecule has 4 rings (SSSR count). The van der Waals surface area contributed by atoms with Crippen molar-refractivity contribution in [3.05, 3.63) is 80.5 Å². The average molecular weight is 501 g/mol. The fraction of sp³-hybridized carbons (Fsp3) is 0.250. The number of amides is 3. The topological polar surface area (TPSA) is 105 Å². The van der Waals surface area contributed by atoms with Gasteiger partial charge in [0.05, 0.1) is 22.7 Å². The van der Waals surface area contributed by atoms with Crippen molar-refractivity contribution in [2.45, 2.75) is 25.2 Å². The molecule has 3 amide bonds. The van der Waals surface area contributed by atoms with E-state index in [9.17, 15) is 18.8 Å². The summed E-state index contributed by atoms with van der Waals surface area (Å²) in [6, 6.07) is 10.4. The summed E-state index contributed by atoms with van der Waals surface area (Å²) in [5.41, 5.74) is 6.79. The first-order chi connectivity index (χ1) is 16.3. The number of nitrogens with two attached hydrogens (primary N) is 1. The number of nitrogens with one attached hydrogen (secondary N) is 1. The molecule has 1 fully saturated rings. The molecule has 0 unspecified atom stereocenters. The maximum atomic E-state index is 13.1. The van der Waals surface area contributed by atoms with E-state index in [1.807, 2.05) is 4.90 Å². The van der Waals surface area contributed by atoms with Crippen molar-refractivity contribution in [1.29, 1.82) is 0 Å². The normalized spacial score (nSPS) is 14.1. The fourth-order valence-corrected chi connectivity index (χ4v) is 5.00. The van der Waals surface area contributed by atoms with Crippen LogP contribution in [0.5, 0.6) is 0 Å². The maximum Gasteiger partial charge on any atom is 0.275 e. The first-order valence-corrected chi connectivity index (χ1v) is 11.9. The number of likely N-dealkylation sites (tertiary alicyclic amines) is 1. The van der Waals surface area contributed by atoms with Crippen molar-refractivity contribution in [3.8, 4) is 0 Å². The van der Waals surface area contributed by atoms with E-state index < -0.39 is 11.8 Å². The van der Waals surface area contributed by atoms with Gasteiger partial charge in [-0.3, -0.25) is 14.4 Å². The molecule has 7 nitrogen and oxygen atoms in total. The van der Waals surface area contributed by atoms with Crippen LogP contribution in [-0.2, 0) is 11.2 Å². The number of benzene rings is 2. The smallest absolute Gasteiger partial charge is 0.275 e. The maximum absolute atomic E-state index is 13.1. The van der Waals surface area contributed by atoms with E-state index in [-0.39, 0.29) is 41.0 Å². The van der Waals surface area contributed by atoms with Gasteiger partial charge >= 0.3 is 0 Å². The minimum absolute atomic E-state index is 0.0116. The summed E-state index contributed by atoms with van der Waals surface area (Å²) in [6.45, 7) is 1.19. The molecular formula is C24H22ClFN4O3S. The lowest BCUT2D eigenvalue weighted by atomic mass is 9.97. The second kappa shape index (κ2) is 10.3. The van der Waals surface area contributed by atoms with Crippen LogP contribution in [0.25, 0.3) is 0 Å². The van der Waals surface area contributed by atoms with Crippen molar-refractivity contribution in [2.75, 3.05) is 18.4 Å². The zero-order chi connectivity index (χ0) is 24.2. The molecule has 34 heavy (non-hydrogen) atoms. The summed E-state index contributed by atoms with van der Waals surface area (Å²) in [4.78, 5) is 43.2. The summed E-state index contributed by atoms with van der Waals surface area (Å²) in [7, 11) is 0. The van der Waals surface area contributed by atoms with Crippen molar-refractivity contribution in [2.24, 2.45) is 5.73 Å². The Morgan fingerprint density at radius 3 is 2.53 bits per heavy atom. The van der Waals surface area contributed by atoms with Gasteiger partial charge in [-0.1, -0.05) is 23.7 Å². The number of halogens is 2. The predicted molar refractivity (Wildman–Crippen MR) is 129 cm³/mol. The third kappa shape index (κ3) is 5.60. The first kappa shape index (κ1) is 23.8. The highest BCUT2D eigenvalue weighted by Crippen LogP contribution is 2.31. The summed E-state index contributed by atoms with van der Waals surface area (Å²) >= 11 is 7.31. The van der Waals surface area contributed by atoms with Gasteiger partial charge in [0, 0.05) is 29.4 Å². The highest BCUT2D eigenvalue weighted by Gasteiger charge is 2.26. The highest BCUT2D eigenvalue weighted by molar-refractivity contribution is 7.10. The third-order valence-electron chi connectivity index (χ3n) is 5.72. The molecule has 3 aromatic rings. The molecule has 0 spiro atoms. The minimum atomic E-state index is -0.697. The van der Waals surface area contributed by atoms with Crippen LogP contribution in [0.1, 0.15) is 50.2 Å². The van der Waals surface area contributed by atoms with Gasteiger partial charge in [-0.25, -0.2) is 9.37 Å². The Hall–Kier alpha value is -3.30. The molecule has 1 aliphatic heterocycles. The monoisotopic (exact) mass is 500 g/mol. The number of rotatable bonds is 6. The standard InChI is InChI=1S/C24H22ClFN4O3S/c25-16-3-6-19(18(12-16)22(27)32)28-23(33)20-13-34-24(29-20)15-7-9-30(10-8-15)21(31)11-14-1-4-17(26)5-2-14/h1-6,12-13,15H,7-11H2,(H2,27,32)(H,28,33). The van der Waals surface area contributed by atoms with Crippen LogP contribution in [0.4, 0.5) is 10.1 Å². The van der Waals surface area contributed by atoms with Crippen LogP contribution in [0.2, 0.25) is 5.02 Å². The number of hydrogen-bond donors (Lipinski definition) is 2. The Bertz CT molecular complexity index is 1220. The number of aromatic nitrogens is 1. The van der Waals surface area contributed by atoms with Gasteiger partial charge in [-0.15, -0.1) is 11.3 Å². The van der Waals surface area contributed by atoms with Crippen LogP contribution in [0.15, 0.2) is 47.8 Å². The quantitative estimate of drug-likeness (QED) is 0.528. The molecule has 0 atom stereocenters. The van der Waals surface area contributed by atoms with Crippen LogP contribution in [0.3, 0.4) is 0 Å². The number of carbonyl (C=O) groups is 3. The van der Waals surface area contributed by atoms with Gasteiger partial charge in [-0.05, 0) is 48.7 Å². The van der Waals surface area contributed by atoms with Gasteiger partial charge in [-0.2, -0.15) is 0 Å². The molecule has 1 aromatic heterocycles. The number of nitrogens with zero attached hydrogens (tertiary/aromatic N) is 2. The number of carbonyl (C=O) groups excluding carboxylic acids is 3. The largest absolute Gasteiger partial charge is 0.366 e. The highest BCUT2D eigenvalue weighted by atomic mass is 35.5. The fourth-order valence-electron chi connectivity index (χ4n) is 3.86. The molecule has 0 aliphatic carbocycles. The molecule has 2 aromatic carbocycles. The van der Waals surface area contributed by atoms with E-state index in [0.717, 1.165) is 23.4 Å². The van der Waals surface area contributed by atoms with Gasteiger partial charge in [0.1, 0.15) is 11.5 Å². The summed E-state index contributed by atoms with van der Waals surface area (Å²) in [5.74, 6) is -1.30. The molecule has 1 aliphatic rings. The lowest BCUT2D eigenvalue weighted by Gasteiger charge is -2.31. The Morgan fingerprint density at radius 2 is 1.85 bits per heavy atom. The molecule has 0 saturated carbocycles. The van der Waals surface area contributed by atoms with Gasteiger partial charge < -0.3 is 16.0 Å². The van der Waals surface area contributed by atoms with Crippen molar-refractivity contribution in [1.82, 2.24) is 9.88 Å². The zero-order valence-electron chi connectivity index (χ0n) is 18.1. The Labute approximate surface area is 204 Å². The lowest BCUT2D eigenvalue weighted by molar-refractivity contribution is -0.131. The Morgan fingerprint density at radius 1 is 1.15 bits per heavy atom. The van der Waals surface area contributed by atoms with Crippen molar-refractivity contribution in [3.63, 3.8) is 0 Å². The predicted octanol–water partition coefficient (Wildman–Crippen LogP) is 4.24. The first-order valence-electron chi connectivity index (χ1n) is 10.7. The van der Waals surface area contributed by atoms with Crippen LogP contribution >= 0.6 is 22.9 Å². The van der Waals surface area contributed by atoms with Crippen molar-refractivity contribution >= 4 is 46.3 Å². The molecule has 0 radical (unpaired) electrons. The van der Waals surface area contributed by atoms with Crippen LogP contribution < -0.4 is 11.1 Å². The summed E-state index contributed by atoms with van der Waals surface area (Å²) < 4.78 is 13.1. The number of piperidine rings is 1. The molecule has 3 N–H and O–H groups in total. The Balaban J connectivity index is 1.34. The number of primary amides is 1. The van der Waals surface area contributed by atoms with Crippen molar-refractivity contribution < 1.29 is 18.8 Å². The lowest BCUT2D eigenvalue weighted by Crippen LogP contribution is -2.38. The van der Waals surface area contributed by atoms with E-state index in [4.69, 9.17) is 17.3 Å². The molecule has 176 valence electrons. The molecule has 10 heteroatoms. The minimum Gasteiger partial charge on any atom is -0.366 e. The van der Waals surface area contributed by atoms with E-state index in [1.54, 1.807) is 23.6 Å². The summed E-state index contributed by atoms with van der Waals surface area (Å²) in [5, 5.41) is 5.52. The average Bonchev–Trinajstić information content (AvgIpc) is 3.32. The second-order valence-electron chi connectivity index (χ2n) is 8.04. The van der Waals surface area contributed by atoms with E-state index in [0.29, 0.717) is 18.1 Å². The van der Waals surface area contributed by atoms with E-state index in [1.165, 1.54) is 35.6 Å². The zero-order valence-corrected chi connectivity index (χ0v) is 19.7. The SMILES string of the molecule is NC(=O)c1cc(Cl)ccc1NC(=O)c1csc(C2CCN(C(=O)Cc3ccc(F)cc3)CC2)n1. The van der Waals surface area contributed by atoms with Crippen LogP contribution in [0, 0.1) is 5.82 Å². The molecule has 2 heterocycles. The number of hydrogen-bond acceptors (Lipinski definition) is 5. The van der Waals surface area contributed by atoms with E-state index >= 15 is 0 Å². The van der Waals surface area contributed by atoms with Gasteiger partial charge in [0.2, 0.25) is 5.91 Å².